The van der Waals surface area contributed by atoms with E-state index >= 15 is 0 Å². The van der Waals surface area contributed by atoms with E-state index in [1.54, 1.807) is 0 Å². The number of aryl methyl sites for hydroxylation is 2. The van der Waals surface area contributed by atoms with E-state index in [0.29, 0.717) is 0 Å². The van der Waals surface area contributed by atoms with Crippen LogP contribution in [-0.4, -0.2) is 0 Å². The lowest BCUT2D eigenvalue weighted by molar-refractivity contribution is 1.47. The second kappa shape index (κ2) is 9.01. The van der Waals surface area contributed by atoms with Crippen LogP contribution in [0.25, 0.3) is 65.7 Å². The lowest BCUT2D eigenvalue weighted by atomic mass is 9.89. The first-order chi connectivity index (χ1) is 18.6. The summed E-state index contributed by atoms with van der Waals surface area (Å²) in [6, 6.07) is 49.2. The molecular weight excluding hydrogens is 456 g/mol. The molecule has 7 aromatic rings. The molecule has 0 unspecified atom stereocenters. The number of hydrogen-bond acceptors (Lipinski definition) is 0. The molecule has 0 aliphatic carbocycles. The standard InChI is InChI=1S/C38H28/c1-25-8-12-28(13-9-25)31-17-20-34-33-19-16-30(27-6-4-3-5-7-27)22-36(33)35-21-18-32(24-38(35)37(34)23-31)29-14-10-26(2)11-15-29/h3-24H,1-2H3. The van der Waals surface area contributed by atoms with E-state index in [9.17, 15) is 0 Å². The van der Waals surface area contributed by atoms with Crippen LogP contribution in [0.15, 0.2) is 133 Å². The summed E-state index contributed by atoms with van der Waals surface area (Å²) in [6.45, 7) is 4.28. The Morgan fingerprint density at radius 1 is 0.263 bits per heavy atom. The lowest BCUT2D eigenvalue weighted by Crippen LogP contribution is -1.88. The molecule has 0 amide bonds. The molecule has 180 valence electrons. The smallest absolute Gasteiger partial charge is 0.00926 e. The maximum absolute atomic E-state index is 2.38. The molecule has 0 aliphatic rings. The number of rotatable bonds is 3. The van der Waals surface area contributed by atoms with Gasteiger partial charge in [-0.25, -0.2) is 0 Å². The van der Waals surface area contributed by atoms with Gasteiger partial charge < -0.3 is 0 Å². The highest BCUT2D eigenvalue weighted by atomic mass is 14.2. The Hall–Kier alpha value is -4.68. The summed E-state index contributed by atoms with van der Waals surface area (Å²) in [7, 11) is 0. The van der Waals surface area contributed by atoms with Crippen LogP contribution in [0.2, 0.25) is 0 Å². The molecule has 0 spiro atoms. The molecule has 0 heteroatoms. The average molecular weight is 485 g/mol. The zero-order valence-corrected chi connectivity index (χ0v) is 21.7. The summed E-state index contributed by atoms with van der Waals surface area (Å²) in [5.41, 5.74) is 10.0. The van der Waals surface area contributed by atoms with E-state index in [1.807, 2.05) is 0 Å². The molecule has 0 N–H and O–H groups in total. The van der Waals surface area contributed by atoms with Gasteiger partial charge in [-0.2, -0.15) is 0 Å². The Kier molecular flexibility index (Phi) is 5.34. The number of benzene rings is 7. The Morgan fingerprint density at radius 2 is 0.579 bits per heavy atom. The first kappa shape index (κ1) is 22.5. The van der Waals surface area contributed by atoms with Gasteiger partial charge in [0, 0.05) is 0 Å². The number of fused-ring (bicyclic) bond motifs is 6. The van der Waals surface area contributed by atoms with Crippen LogP contribution < -0.4 is 0 Å². The largest absolute Gasteiger partial charge is 0.0622 e. The van der Waals surface area contributed by atoms with Crippen molar-refractivity contribution in [3.63, 3.8) is 0 Å². The molecule has 7 aromatic carbocycles. The fourth-order valence-corrected chi connectivity index (χ4v) is 5.67. The van der Waals surface area contributed by atoms with E-state index in [1.165, 1.54) is 76.8 Å². The normalized spacial score (nSPS) is 11.4. The van der Waals surface area contributed by atoms with Gasteiger partial charge in [-0.3, -0.25) is 0 Å². The molecule has 0 saturated heterocycles. The minimum Gasteiger partial charge on any atom is -0.0622 e. The van der Waals surface area contributed by atoms with Crippen molar-refractivity contribution >= 4 is 32.3 Å². The van der Waals surface area contributed by atoms with Gasteiger partial charge >= 0.3 is 0 Å². The van der Waals surface area contributed by atoms with Crippen LogP contribution >= 0.6 is 0 Å². The zero-order valence-electron chi connectivity index (χ0n) is 21.7. The highest BCUT2D eigenvalue weighted by molar-refractivity contribution is 6.26. The minimum atomic E-state index is 1.24. The summed E-state index contributed by atoms with van der Waals surface area (Å²) < 4.78 is 0. The van der Waals surface area contributed by atoms with Crippen molar-refractivity contribution in [3.8, 4) is 33.4 Å². The van der Waals surface area contributed by atoms with Crippen LogP contribution in [0.5, 0.6) is 0 Å². The van der Waals surface area contributed by atoms with Crippen molar-refractivity contribution in [1.29, 1.82) is 0 Å². The van der Waals surface area contributed by atoms with Crippen molar-refractivity contribution in [1.82, 2.24) is 0 Å². The van der Waals surface area contributed by atoms with Gasteiger partial charge in [0.1, 0.15) is 0 Å². The van der Waals surface area contributed by atoms with Gasteiger partial charge in [-0.1, -0.05) is 126 Å². The van der Waals surface area contributed by atoms with Crippen LogP contribution in [0.3, 0.4) is 0 Å². The molecule has 0 bridgehead atoms. The fourth-order valence-electron chi connectivity index (χ4n) is 5.67. The van der Waals surface area contributed by atoms with E-state index < -0.39 is 0 Å². The molecule has 7 rings (SSSR count). The predicted molar refractivity (Wildman–Crippen MR) is 165 cm³/mol. The molecule has 0 atom stereocenters. The van der Waals surface area contributed by atoms with E-state index in [4.69, 9.17) is 0 Å². The minimum absolute atomic E-state index is 1.24. The fraction of sp³-hybridized carbons (Fsp3) is 0.0526. The van der Waals surface area contributed by atoms with Gasteiger partial charge in [0.25, 0.3) is 0 Å². The van der Waals surface area contributed by atoms with Gasteiger partial charge in [-0.05, 0) is 97.7 Å². The average Bonchev–Trinajstić information content (AvgIpc) is 2.98. The summed E-state index contributed by atoms with van der Waals surface area (Å²) in [5.74, 6) is 0. The monoisotopic (exact) mass is 484 g/mol. The molecule has 0 nitrogen and oxygen atoms in total. The first-order valence-electron chi connectivity index (χ1n) is 13.3. The molecule has 0 aromatic heterocycles. The van der Waals surface area contributed by atoms with E-state index in [0.717, 1.165) is 0 Å². The summed E-state index contributed by atoms with van der Waals surface area (Å²) in [4.78, 5) is 0. The molecule has 0 fully saturated rings. The summed E-state index contributed by atoms with van der Waals surface area (Å²) >= 11 is 0. The SMILES string of the molecule is Cc1ccc(-c2ccc3c4ccc(-c5ccccc5)cc4c4ccc(-c5ccc(C)cc5)cc4c3c2)cc1. The molecule has 0 aliphatic heterocycles. The maximum Gasteiger partial charge on any atom is -0.00926 e. The third-order valence-electron chi connectivity index (χ3n) is 7.81. The Labute approximate surface area is 223 Å². The highest BCUT2D eigenvalue weighted by Crippen LogP contribution is 2.40. The van der Waals surface area contributed by atoms with Crippen molar-refractivity contribution in [2.24, 2.45) is 0 Å². The highest BCUT2D eigenvalue weighted by Gasteiger charge is 2.13. The Morgan fingerprint density at radius 3 is 1.00 bits per heavy atom. The lowest BCUT2D eigenvalue weighted by Gasteiger charge is -2.15. The molecule has 0 heterocycles. The van der Waals surface area contributed by atoms with Gasteiger partial charge in [0.05, 0.1) is 0 Å². The first-order valence-corrected chi connectivity index (χ1v) is 13.3. The van der Waals surface area contributed by atoms with Gasteiger partial charge in [-0.15, -0.1) is 0 Å². The van der Waals surface area contributed by atoms with Crippen molar-refractivity contribution in [2.75, 3.05) is 0 Å². The van der Waals surface area contributed by atoms with Crippen molar-refractivity contribution < 1.29 is 0 Å². The molecule has 0 radical (unpaired) electrons. The number of hydrogen-bond donors (Lipinski definition) is 0. The second-order valence-corrected chi connectivity index (χ2v) is 10.4. The molecule has 38 heavy (non-hydrogen) atoms. The summed E-state index contributed by atoms with van der Waals surface area (Å²) in [6.07, 6.45) is 0. The van der Waals surface area contributed by atoms with Gasteiger partial charge in [0.2, 0.25) is 0 Å². The van der Waals surface area contributed by atoms with E-state index in [-0.39, 0.29) is 0 Å². The maximum atomic E-state index is 2.38. The summed E-state index contributed by atoms with van der Waals surface area (Å²) in [5, 5.41) is 7.78. The molecule has 0 saturated carbocycles. The van der Waals surface area contributed by atoms with Crippen molar-refractivity contribution in [2.45, 2.75) is 13.8 Å². The quantitative estimate of drug-likeness (QED) is 0.219. The van der Waals surface area contributed by atoms with Crippen molar-refractivity contribution in [3.05, 3.63) is 145 Å². The zero-order chi connectivity index (χ0) is 25.6. The van der Waals surface area contributed by atoms with Crippen LogP contribution in [0.1, 0.15) is 11.1 Å². The van der Waals surface area contributed by atoms with Crippen LogP contribution in [-0.2, 0) is 0 Å². The Bertz CT molecular complexity index is 1940. The second-order valence-electron chi connectivity index (χ2n) is 10.4. The topological polar surface area (TPSA) is 0 Å². The third-order valence-corrected chi connectivity index (χ3v) is 7.81. The van der Waals surface area contributed by atoms with Crippen LogP contribution in [0.4, 0.5) is 0 Å². The third kappa shape index (κ3) is 3.86. The molecular formula is C38H28. The van der Waals surface area contributed by atoms with Crippen LogP contribution in [0, 0.1) is 13.8 Å². The van der Waals surface area contributed by atoms with E-state index in [2.05, 4.69) is 147 Å². The van der Waals surface area contributed by atoms with Gasteiger partial charge in [0.15, 0.2) is 0 Å². The predicted octanol–water partition coefficient (Wildman–Crippen LogP) is 10.8. The Balaban J connectivity index is 1.54.